The summed E-state index contributed by atoms with van der Waals surface area (Å²) in [4.78, 5) is 23.8. The van der Waals surface area contributed by atoms with Crippen molar-refractivity contribution in [1.82, 2.24) is 5.48 Å². The fourth-order valence-corrected chi connectivity index (χ4v) is 0.199. The second kappa shape index (κ2) is 3.85. The maximum Gasteiger partial charge on any atom is 0.321 e. The number of hydroxylamine groups is 1. The molecule has 0 spiro atoms. The summed E-state index contributed by atoms with van der Waals surface area (Å²) in [7, 11) is 0. The number of hydrogen-bond acceptors (Lipinski definition) is 4. The number of carboxylic acid groups (broad SMARTS) is 1. The molecule has 0 aliphatic heterocycles. The molecule has 0 heterocycles. The lowest BCUT2D eigenvalue weighted by molar-refractivity contribution is -0.151. The van der Waals surface area contributed by atoms with Crippen molar-refractivity contribution in [3.63, 3.8) is 0 Å². The first-order valence-corrected chi connectivity index (χ1v) is 2.25. The Labute approximate surface area is 51.6 Å². The zero-order valence-electron chi connectivity index (χ0n) is 4.88. The first-order chi connectivity index (χ1) is 4.13. The molecule has 0 aromatic carbocycles. The van der Waals surface area contributed by atoms with E-state index in [0.717, 1.165) is 0 Å². The summed E-state index contributed by atoms with van der Waals surface area (Å²) in [6, 6.07) is 0. The standard InChI is InChI=1S/C4H7NO4/c1-3(6)9-5-2-4(7)8/h5H,2H2,1H3,(H,7,8). The Hall–Kier alpha value is -1.10. The highest BCUT2D eigenvalue weighted by Crippen LogP contribution is 1.67. The van der Waals surface area contributed by atoms with Crippen molar-refractivity contribution >= 4 is 11.9 Å². The number of rotatable bonds is 3. The number of hydrogen-bond donors (Lipinski definition) is 2. The molecule has 0 unspecified atom stereocenters. The van der Waals surface area contributed by atoms with Gasteiger partial charge in [-0.1, -0.05) is 0 Å². The summed E-state index contributed by atoms with van der Waals surface area (Å²) in [5.41, 5.74) is 1.94. The number of carboxylic acids is 1. The molecule has 0 aromatic heterocycles. The highest BCUT2D eigenvalue weighted by atomic mass is 16.7. The normalized spacial score (nSPS) is 8.56. The van der Waals surface area contributed by atoms with E-state index in [1.165, 1.54) is 6.92 Å². The summed E-state index contributed by atoms with van der Waals surface area (Å²) >= 11 is 0. The van der Waals surface area contributed by atoms with Crippen LogP contribution in [-0.4, -0.2) is 23.6 Å². The second-order valence-corrected chi connectivity index (χ2v) is 1.31. The largest absolute Gasteiger partial charge is 0.480 e. The van der Waals surface area contributed by atoms with Crippen molar-refractivity contribution in [2.45, 2.75) is 6.92 Å². The van der Waals surface area contributed by atoms with E-state index in [-0.39, 0.29) is 6.54 Å². The van der Waals surface area contributed by atoms with Crippen LogP contribution in [0.5, 0.6) is 0 Å². The Morgan fingerprint density at radius 1 is 1.67 bits per heavy atom. The molecule has 0 aliphatic rings. The molecule has 52 valence electrons. The summed E-state index contributed by atoms with van der Waals surface area (Å²) in [5, 5.41) is 7.97. The van der Waals surface area contributed by atoms with Crippen LogP contribution in [0, 0.1) is 0 Å². The molecular formula is C4H7NO4. The van der Waals surface area contributed by atoms with Crippen LogP contribution < -0.4 is 5.48 Å². The Kier molecular flexibility index (Phi) is 3.38. The molecule has 0 radical (unpaired) electrons. The predicted octanol–water partition coefficient (Wildman–Crippen LogP) is -0.861. The monoisotopic (exact) mass is 133 g/mol. The lowest BCUT2D eigenvalue weighted by atomic mass is 10.7. The van der Waals surface area contributed by atoms with Crippen LogP contribution in [0.2, 0.25) is 0 Å². The molecule has 0 atom stereocenters. The molecule has 2 N–H and O–H groups in total. The minimum atomic E-state index is -1.07. The van der Waals surface area contributed by atoms with Crippen LogP contribution in [-0.2, 0) is 14.4 Å². The van der Waals surface area contributed by atoms with E-state index in [9.17, 15) is 9.59 Å². The van der Waals surface area contributed by atoms with Crippen molar-refractivity contribution in [2.75, 3.05) is 6.54 Å². The van der Waals surface area contributed by atoms with E-state index in [2.05, 4.69) is 4.84 Å². The van der Waals surface area contributed by atoms with Gasteiger partial charge in [-0.15, -0.1) is 5.48 Å². The van der Waals surface area contributed by atoms with Crippen LogP contribution in [0.15, 0.2) is 0 Å². The molecule has 5 nitrogen and oxygen atoms in total. The highest BCUT2D eigenvalue weighted by molar-refractivity contribution is 5.69. The molecule has 9 heavy (non-hydrogen) atoms. The van der Waals surface area contributed by atoms with Crippen molar-refractivity contribution in [3.8, 4) is 0 Å². The van der Waals surface area contributed by atoms with Gasteiger partial charge in [0, 0.05) is 6.92 Å². The first kappa shape index (κ1) is 7.90. The van der Waals surface area contributed by atoms with Gasteiger partial charge in [-0.2, -0.15) is 0 Å². The van der Waals surface area contributed by atoms with E-state index in [1.54, 1.807) is 0 Å². The van der Waals surface area contributed by atoms with Crippen molar-refractivity contribution in [3.05, 3.63) is 0 Å². The lowest BCUT2D eigenvalue weighted by Crippen LogP contribution is -2.24. The molecule has 0 fully saturated rings. The predicted molar refractivity (Wildman–Crippen MR) is 27.4 cm³/mol. The topological polar surface area (TPSA) is 75.6 Å². The minimum absolute atomic E-state index is 0.375. The van der Waals surface area contributed by atoms with Gasteiger partial charge >= 0.3 is 11.9 Å². The van der Waals surface area contributed by atoms with Crippen molar-refractivity contribution < 1.29 is 19.5 Å². The third-order valence-electron chi connectivity index (χ3n) is 0.439. The summed E-state index contributed by atoms with van der Waals surface area (Å²) < 4.78 is 0. The molecule has 0 saturated heterocycles. The Balaban J connectivity index is 3.10. The fraction of sp³-hybridized carbons (Fsp3) is 0.500. The van der Waals surface area contributed by atoms with Gasteiger partial charge in [0.05, 0.1) is 0 Å². The van der Waals surface area contributed by atoms with Gasteiger partial charge in [0.15, 0.2) is 0 Å². The summed E-state index contributed by atoms with van der Waals surface area (Å²) in [6.45, 7) is 0.800. The number of carbonyl (C=O) groups is 2. The summed E-state index contributed by atoms with van der Waals surface area (Å²) in [6.07, 6.45) is 0. The van der Waals surface area contributed by atoms with Crippen LogP contribution in [0.3, 0.4) is 0 Å². The van der Waals surface area contributed by atoms with E-state index < -0.39 is 11.9 Å². The fourth-order valence-electron chi connectivity index (χ4n) is 0.199. The second-order valence-electron chi connectivity index (χ2n) is 1.31. The van der Waals surface area contributed by atoms with Gasteiger partial charge < -0.3 is 9.94 Å². The van der Waals surface area contributed by atoms with Crippen molar-refractivity contribution in [1.29, 1.82) is 0 Å². The van der Waals surface area contributed by atoms with Gasteiger partial charge in [0.25, 0.3) is 0 Å². The third kappa shape index (κ3) is 6.90. The molecule has 5 heteroatoms. The quantitative estimate of drug-likeness (QED) is 0.490. The molecule has 0 bridgehead atoms. The van der Waals surface area contributed by atoms with Gasteiger partial charge in [-0.05, 0) is 0 Å². The number of carbonyl (C=O) groups excluding carboxylic acids is 1. The Morgan fingerprint density at radius 3 is 2.56 bits per heavy atom. The first-order valence-electron chi connectivity index (χ1n) is 2.25. The maximum atomic E-state index is 9.95. The average molecular weight is 133 g/mol. The lowest BCUT2D eigenvalue weighted by Gasteiger charge is -1.97. The van der Waals surface area contributed by atoms with Crippen molar-refractivity contribution in [2.24, 2.45) is 0 Å². The molecule has 0 rings (SSSR count). The zero-order chi connectivity index (χ0) is 7.28. The van der Waals surface area contributed by atoms with Gasteiger partial charge in [-0.25, -0.2) is 0 Å². The molecule has 0 aromatic rings. The van der Waals surface area contributed by atoms with E-state index in [1.807, 2.05) is 5.48 Å². The minimum Gasteiger partial charge on any atom is -0.480 e. The Bertz CT molecular complexity index is 108. The highest BCUT2D eigenvalue weighted by Gasteiger charge is 1.95. The number of nitrogens with one attached hydrogen (secondary N) is 1. The smallest absolute Gasteiger partial charge is 0.321 e. The summed E-state index contributed by atoms with van der Waals surface area (Å²) in [5.74, 6) is -1.63. The van der Waals surface area contributed by atoms with Crippen LogP contribution in [0.4, 0.5) is 0 Å². The van der Waals surface area contributed by atoms with E-state index in [0.29, 0.717) is 0 Å². The molecule has 0 aliphatic carbocycles. The van der Waals surface area contributed by atoms with Gasteiger partial charge in [-0.3, -0.25) is 9.59 Å². The Morgan fingerprint density at radius 2 is 2.22 bits per heavy atom. The van der Waals surface area contributed by atoms with Crippen LogP contribution in [0.1, 0.15) is 6.92 Å². The molecular weight excluding hydrogens is 126 g/mol. The van der Waals surface area contributed by atoms with Gasteiger partial charge in [0.1, 0.15) is 6.54 Å². The molecule has 0 saturated carbocycles. The van der Waals surface area contributed by atoms with E-state index in [4.69, 9.17) is 5.11 Å². The SMILES string of the molecule is CC(=O)ONCC(=O)O. The molecule has 0 amide bonds. The average Bonchev–Trinajstić information content (AvgIpc) is 1.63. The number of aliphatic carboxylic acids is 1. The van der Waals surface area contributed by atoms with Gasteiger partial charge in [0.2, 0.25) is 0 Å². The van der Waals surface area contributed by atoms with Crippen LogP contribution >= 0.6 is 0 Å². The van der Waals surface area contributed by atoms with E-state index >= 15 is 0 Å². The zero-order valence-corrected chi connectivity index (χ0v) is 4.88. The maximum absolute atomic E-state index is 9.95. The third-order valence-corrected chi connectivity index (χ3v) is 0.439. The van der Waals surface area contributed by atoms with Crippen LogP contribution in [0.25, 0.3) is 0 Å².